The Morgan fingerprint density at radius 1 is 1.53 bits per heavy atom. The van der Waals surface area contributed by atoms with Crippen LogP contribution in [0.5, 0.6) is 0 Å². The van der Waals surface area contributed by atoms with Crippen molar-refractivity contribution in [2.45, 2.75) is 12.1 Å². The van der Waals surface area contributed by atoms with Gasteiger partial charge in [-0.3, -0.25) is 10.1 Å². The number of nitro benzene ring substituents is 1. The number of hydrogen-bond donors (Lipinski definition) is 3. The molecule has 0 amide bonds. The molecule has 0 radical (unpaired) electrons. The van der Waals surface area contributed by atoms with Crippen molar-refractivity contribution in [1.29, 1.82) is 0 Å². The third-order valence-corrected chi connectivity index (χ3v) is 2.04. The lowest BCUT2D eigenvalue weighted by Gasteiger charge is -2.16. The van der Waals surface area contributed by atoms with Crippen LogP contribution in [0.1, 0.15) is 11.7 Å². The maximum absolute atomic E-state index is 10.5. The second-order valence-electron chi connectivity index (χ2n) is 3.14. The number of nitrogens with two attached hydrogens (primary N) is 1. The van der Waals surface area contributed by atoms with Crippen LogP contribution in [-0.4, -0.2) is 27.8 Å². The van der Waals surface area contributed by atoms with E-state index in [1.807, 2.05) is 0 Å². The van der Waals surface area contributed by atoms with E-state index >= 15 is 0 Å². The molecule has 1 aromatic rings. The molecule has 0 bridgehead atoms. The SMILES string of the molecule is N[C@H](CO)[C@H](O)c1cccc([N+](=O)[O-])c1. The fraction of sp³-hybridized carbons (Fsp3) is 0.333. The Hall–Kier alpha value is -1.50. The second-order valence-corrected chi connectivity index (χ2v) is 3.14. The van der Waals surface area contributed by atoms with Crippen molar-refractivity contribution < 1.29 is 15.1 Å². The molecule has 1 aromatic carbocycles. The Morgan fingerprint density at radius 2 is 2.20 bits per heavy atom. The molecule has 0 aliphatic rings. The highest BCUT2D eigenvalue weighted by Gasteiger charge is 2.18. The Kier molecular flexibility index (Phi) is 3.73. The Morgan fingerprint density at radius 3 is 2.73 bits per heavy atom. The van der Waals surface area contributed by atoms with Gasteiger partial charge in [0.2, 0.25) is 0 Å². The van der Waals surface area contributed by atoms with Crippen LogP contribution in [0.15, 0.2) is 24.3 Å². The Labute approximate surface area is 86.1 Å². The monoisotopic (exact) mass is 212 g/mol. The van der Waals surface area contributed by atoms with E-state index in [2.05, 4.69) is 0 Å². The molecule has 0 heterocycles. The van der Waals surface area contributed by atoms with E-state index in [1.165, 1.54) is 24.3 Å². The highest BCUT2D eigenvalue weighted by molar-refractivity contribution is 5.35. The first-order valence-corrected chi connectivity index (χ1v) is 4.35. The summed E-state index contributed by atoms with van der Waals surface area (Å²) in [4.78, 5) is 9.90. The molecular weight excluding hydrogens is 200 g/mol. The second kappa shape index (κ2) is 4.83. The average Bonchev–Trinajstić information content (AvgIpc) is 2.27. The maximum atomic E-state index is 10.5. The van der Waals surface area contributed by atoms with E-state index in [4.69, 9.17) is 10.8 Å². The molecule has 0 saturated carbocycles. The van der Waals surface area contributed by atoms with E-state index in [1.54, 1.807) is 0 Å². The third kappa shape index (κ3) is 2.72. The number of non-ortho nitro benzene ring substituents is 1. The van der Waals surface area contributed by atoms with Crippen molar-refractivity contribution in [2.24, 2.45) is 5.73 Å². The van der Waals surface area contributed by atoms with Gasteiger partial charge in [-0.1, -0.05) is 12.1 Å². The first kappa shape index (κ1) is 11.6. The first-order chi connectivity index (χ1) is 7.06. The molecule has 6 heteroatoms. The van der Waals surface area contributed by atoms with Crippen molar-refractivity contribution in [3.05, 3.63) is 39.9 Å². The Bertz CT molecular complexity index is 356. The highest BCUT2D eigenvalue weighted by atomic mass is 16.6. The standard InChI is InChI=1S/C9H12N2O4/c10-8(5-12)9(13)6-2-1-3-7(4-6)11(14)15/h1-4,8-9,12-13H,5,10H2/t8-,9-/m1/s1. The summed E-state index contributed by atoms with van der Waals surface area (Å²) < 4.78 is 0. The van der Waals surface area contributed by atoms with E-state index in [9.17, 15) is 15.2 Å². The van der Waals surface area contributed by atoms with Crippen molar-refractivity contribution >= 4 is 5.69 Å². The van der Waals surface area contributed by atoms with E-state index < -0.39 is 17.1 Å². The molecule has 15 heavy (non-hydrogen) atoms. The van der Waals surface area contributed by atoms with Crippen LogP contribution < -0.4 is 5.73 Å². The van der Waals surface area contributed by atoms with Gasteiger partial charge in [0.15, 0.2) is 0 Å². The number of nitro groups is 1. The topological polar surface area (TPSA) is 110 Å². The first-order valence-electron chi connectivity index (χ1n) is 4.35. The van der Waals surface area contributed by atoms with Crippen molar-refractivity contribution in [3.63, 3.8) is 0 Å². The smallest absolute Gasteiger partial charge is 0.269 e. The van der Waals surface area contributed by atoms with Crippen molar-refractivity contribution in [2.75, 3.05) is 6.61 Å². The molecule has 0 spiro atoms. The van der Waals surface area contributed by atoms with Crippen LogP contribution >= 0.6 is 0 Å². The summed E-state index contributed by atoms with van der Waals surface area (Å²) in [5, 5.41) is 28.8. The predicted molar refractivity (Wildman–Crippen MR) is 53.1 cm³/mol. The lowest BCUT2D eigenvalue weighted by atomic mass is 10.0. The normalized spacial score (nSPS) is 14.6. The minimum absolute atomic E-state index is 0.114. The number of hydrogen-bond acceptors (Lipinski definition) is 5. The van der Waals surface area contributed by atoms with Gasteiger partial charge in [0.1, 0.15) is 0 Å². The van der Waals surface area contributed by atoms with Crippen LogP contribution in [0.25, 0.3) is 0 Å². The zero-order chi connectivity index (χ0) is 11.4. The molecule has 1 rings (SSSR count). The minimum Gasteiger partial charge on any atom is -0.395 e. The molecular formula is C9H12N2O4. The Balaban J connectivity index is 2.94. The lowest BCUT2D eigenvalue weighted by Crippen LogP contribution is -2.31. The lowest BCUT2D eigenvalue weighted by molar-refractivity contribution is -0.385. The molecule has 0 fully saturated rings. The summed E-state index contributed by atoms with van der Waals surface area (Å²) in [7, 11) is 0. The molecule has 4 N–H and O–H groups in total. The summed E-state index contributed by atoms with van der Waals surface area (Å²) in [6, 6.07) is 4.70. The zero-order valence-electron chi connectivity index (χ0n) is 7.91. The van der Waals surface area contributed by atoms with Gasteiger partial charge >= 0.3 is 0 Å². The quantitative estimate of drug-likeness (QED) is 0.478. The maximum Gasteiger partial charge on any atom is 0.269 e. The number of rotatable bonds is 4. The van der Waals surface area contributed by atoms with Crippen LogP contribution in [0.2, 0.25) is 0 Å². The van der Waals surface area contributed by atoms with E-state index in [-0.39, 0.29) is 12.3 Å². The van der Waals surface area contributed by atoms with Gasteiger partial charge in [-0.25, -0.2) is 0 Å². The van der Waals surface area contributed by atoms with Gasteiger partial charge in [-0.2, -0.15) is 0 Å². The van der Waals surface area contributed by atoms with Crippen molar-refractivity contribution in [1.82, 2.24) is 0 Å². The number of nitrogens with zero attached hydrogens (tertiary/aromatic N) is 1. The largest absolute Gasteiger partial charge is 0.395 e. The molecule has 0 unspecified atom stereocenters. The summed E-state index contributed by atoms with van der Waals surface area (Å²) in [6.45, 7) is -0.385. The summed E-state index contributed by atoms with van der Waals surface area (Å²) in [6.07, 6.45) is -1.10. The fourth-order valence-corrected chi connectivity index (χ4v) is 1.17. The van der Waals surface area contributed by atoms with Gasteiger partial charge in [0, 0.05) is 12.1 Å². The molecule has 6 nitrogen and oxygen atoms in total. The third-order valence-electron chi connectivity index (χ3n) is 2.04. The zero-order valence-corrected chi connectivity index (χ0v) is 7.91. The summed E-state index contributed by atoms with van der Waals surface area (Å²) in [5.74, 6) is 0. The van der Waals surface area contributed by atoms with Gasteiger partial charge in [0.05, 0.1) is 23.7 Å². The van der Waals surface area contributed by atoms with Gasteiger partial charge in [0.25, 0.3) is 5.69 Å². The fourth-order valence-electron chi connectivity index (χ4n) is 1.17. The summed E-state index contributed by atoms with van der Waals surface area (Å²) in [5.41, 5.74) is 5.62. The average molecular weight is 212 g/mol. The number of aliphatic hydroxyl groups excluding tert-OH is 2. The molecule has 0 aliphatic heterocycles. The van der Waals surface area contributed by atoms with Crippen LogP contribution in [0.3, 0.4) is 0 Å². The van der Waals surface area contributed by atoms with E-state index in [0.717, 1.165) is 0 Å². The van der Waals surface area contributed by atoms with Crippen LogP contribution in [-0.2, 0) is 0 Å². The highest BCUT2D eigenvalue weighted by Crippen LogP contribution is 2.20. The molecule has 82 valence electrons. The predicted octanol–water partition coefficient (Wildman–Crippen LogP) is -0.0522. The molecule has 0 aromatic heterocycles. The van der Waals surface area contributed by atoms with Crippen LogP contribution in [0, 0.1) is 10.1 Å². The van der Waals surface area contributed by atoms with Gasteiger partial charge < -0.3 is 15.9 Å². The van der Waals surface area contributed by atoms with Crippen molar-refractivity contribution in [3.8, 4) is 0 Å². The van der Waals surface area contributed by atoms with E-state index in [0.29, 0.717) is 5.56 Å². The molecule has 0 saturated heterocycles. The minimum atomic E-state index is -1.10. The molecule has 0 aliphatic carbocycles. The number of aliphatic hydroxyl groups is 2. The van der Waals surface area contributed by atoms with Gasteiger partial charge in [-0.05, 0) is 5.56 Å². The van der Waals surface area contributed by atoms with Gasteiger partial charge in [-0.15, -0.1) is 0 Å². The van der Waals surface area contributed by atoms with Crippen LogP contribution in [0.4, 0.5) is 5.69 Å². The number of benzene rings is 1. The summed E-state index contributed by atoms with van der Waals surface area (Å²) >= 11 is 0. The molecule has 2 atom stereocenters.